The fourth-order valence-electron chi connectivity index (χ4n) is 2.66. The lowest BCUT2D eigenvalue weighted by molar-refractivity contribution is -0.131. The van der Waals surface area contributed by atoms with E-state index in [0.717, 1.165) is 19.5 Å². The van der Waals surface area contributed by atoms with Crippen LogP contribution in [0.2, 0.25) is 0 Å². The highest BCUT2D eigenvalue weighted by molar-refractivity contribution is 5.75. The molecule has 0 spiro atoms. The minimum Gasteiger partial charge on any atom is -0.341 e. The zero-order chi connectivity index (χ0) is 9.97. The predicted octanol–water partition coefficient (Wildman–Crippen LogP) is 1.09. The third-order valence-corrected chi connectivity index (χ3v) is 3.46. The van der Waals surface area contributed by atoms with Gasteiger partial charge in [-0.05, 0) is 25.8 Å². The number of rotatable bonds is 1. The molecule has 0 N–H and O–H groups in total. The maximum absolute atomic E-state index is 11.6. The van der Waals surface area contributed by atoms with Gasteiger partial charge < -0.3 is 4.90 Å². The predicted molar refractivity (Wildman–Crippen MR) is 56.1 cm³/mol. The minimum atomic E-state index is 0.332. The SMILES string of the molecule is CCC(=O)N1CCCN2CCCC2C1. The van der Waals surface area contributed by atoms with Gasteiger partial charge in [-0.15, -0.1) is 0 Å². The summed E-state index contributed by atoms with van der Waals surface area (Å²) in [5.41, 5.74) is 0. The highest BCUT2D eigenvalue weighted by atomic mass is 16.2. The Morgan fingerprint density at radius 2 is 2.07 bits per heavy atom. The summed E-state index contributed by atoms with van der Waals surface area (Å²) in [6.07, 6.45) is 4.42. The average Bonchev–Trinajstić information content (AvgIpc) is 2.54. The van der Waals surface area contributed by atoms with Crippen molar-refractivity contribution in [2.45, 2.75) is 38.6 Å². The third kappa shape index (κ3) is 1.92. The lowest BCUT2D eigenvalue weighted by atomic mass is 10.2. The van der Waals surface area contributed by atoms with Crippen molar-refractivity contribution in [1.29, 1.82) is 0 Å². The molecule has 2 rings (SSSR count). The standard InChI is InChI=1S/C11H20N2O/c1-2-11(14)13-8-4-7-12-6-3-5-10(12)9-13/h10H,2-9H2,1H3. The van der Waals surface area contributed by atoms with E-state index in [1.54, 1.807) is 0 Å². The summed E-state index contributed by atoms with van der Waals surface area (Å²) in [5, 5.41) is 0. The molecule has 1 unspecified atom stereocenters. The van der Waals surface area contributed by atoms with Gasteiger partial charge >= 0.3 is 0 Å². The second-order valence-corrected chi connectivity index (χ2v) is 4.38. The molecule has 3 heteroatoms. The topological polar surface area (TPSA) is 23.6 Å². The molecule has 2 aliphatic rings. The van der Waals surface area contributed by atoms with Crippen molar-refractivity contribution in [2.24, 2.45) is 0 Å². The van der Waals surface area contributed by atoms with E-state index in [1.165, 1.54) is 25.9 Å². The molecule has 2 heterocycles. The summed E-state index contributed by atoms with van der Waals surface area (Å²) >= 11 is 0. The largest absolute Gasteiger partial charge is 0.341 e. The number of nitrogens with zero attached hydrogens (tertiary/aromatic N) is 2. The molecular weight excluding hydrogens is 176 g/mol. The number of hydrogen-bond acceptors (Lipinski definition) is 2. The van der Waals surface area contributed by atoms with E-state index in [1.807, 2.05) is 6.92 Å². The normalized spacial score (nSPS) is 28.6. The molecule has 2 fully saturated rings. The van der Waals surface area contributed by atoms with Gasteiger partial charge in [0.15, 0.2) is 0 Å². The van der Waals surface area contributed by atoms with Gasteiger partial charge in [0.25, 0.3) is 0 Å². The first-order valence-electron chi connectivity index (χ1n) is 5.83. The monoisotopic (exact) mass is 196 g/mol. The maximum atomic E-state index is 11.6. The van der Waals surface area contributed by atoms with Gasteiger partial charge in [-0.2, -0.15) is 0 Å². The van der Waals surface area contributed by atoms with Crippen LogP contribution in [0.15, 0.2) is 0 Å². The van der Waals surface area contributed by atoms with Gasteiger partial charge in [0.05, 0.1) is 0 Å². The van der Waals surface area contributed by atoms with Gasteiger partial charge in [-0.3, -0.25) is 9.69 Å². The molecule has 0 aromatic rings. The summed E-state index contributed by atoms with van der Waals surface area (Å²) in [7, 11) is 0. The van der Waals surface area contributed by atoms with Crippen LogP contribution < -0.4 is 0 Å². The van der Waals surface area contributed by atoms with E-state index in [-0.39, 0.29) is 0 Å². The first-order valence-corrected chi connectivity index (χ1v) is 5.83. The Morgan fingerprint density at radius 3 is 2.86 bits per heavy atom. The summed E-state index contributed by atoms with van der Waals surface area (Å²) in [6, 6.07) is 0.660. The van der Waals surface area contributed by atoms with Crippen molar-refractivity contribution in [3.05, 3.63) is 0 Å². The van der Waals surface area contributed by atoms with Gasteiger partial charge in [-0.1, -0.05) is 6.92 Å². The van der Waals surface area contributed by atoms with E-state index in [4.69, 9.17) is 0 Å². The highest BCUT2D eigenvalue weighted by Crippen LogP contribution is 2.21. The number of carbonyl (C=O) groups excluding carboxylic acids is 1. The lowest BCUT2D eigenvalue weighted by Crippen LogP contribution is -2.39. The Bertz CT molecular complexity index is 217. The van der Waals surface area contributed by atoms with Crippen LogP contribution in [0.25, 0.3) is 0 Å². The molecule has 0 aromatic carbocycles. The highest BCUT2D eigenvalue weighted by Gasteiger charge is 2.29. The molecule has 0 aromatic heterocycles. The Balaban J connectivity index is 1.98. The molecule has 1 amide bonds. The molecule has 14 heavy (non-hydrogen) atoms. The van der Waals surface area contributed by atoms with Crippen molar-refractivity contribution in [2.75, 3.05) is 26.2 Å². The molecule has 3 nitrogen and oxygen atoms in total. The molecule has 0 radical (unpaired) electrons. The van der Waals surface area contributed by atoms with Crippen LogP contribution >= 0.6 is 0 Å². The minimum absolute atomic E-state index is 0.332. The van der Waals surface area contributed by atoms with Crippen LogP contribution in [0, 0.1) is 0 Å². The van der Waals surface area contributed by atoms with Crippen LogP contribution in [0.4, 0.5) is 0 Å². The van der Waals surface area contributed by atoms with Crippen LogP contribution in [-0.4, -0.2) is 47.9 Å². The van der Waals surface area contributed by atoms with Crippen molar-refractivity contribution >= 4 is 5.91 Å². The van der Waals surface area contributed by atoms with E-state index in [9.17, 15) is 4.79 Å². The average molecular weight is 196 g/mol. The summed E-state index contributed by atoms with van der Waals surface area (Å²) in [5.74, 6) is 0.332. The van der Waals surface area contributed by atoms with Crippen molar-refractivity contribution in [3.63, 3.8) is 0 Å². The van der Waals surface area contributed by atoms with Gasteiger partial charge in [-0.25, -0.2) is 0 Å². The first kappa shape index (κ1) is 9.97. The third-order valence-electron chi connectivity index (χ3n) is 3.46. The second-order valence-electron chi connectivity index (χ2n) is 4.38. The van der Waals surface area contributed by atoms with E-state index in [0.29, 0.717) is 18.4 Å². The Hall–Kier alpha value is -0.570. The van der Waals surface area contributed by atoms with E-state index in [2.05, 4.69) is 9.80 Å². The van der Waals surface area contributed by atoms with Crippen LogP contribution in [0.5, 0.6) is 0 Å². The number of carbonyl (C=O) groups is 1. The fraction of sp³-hybridized carbons (Fsp3) is 0.909. The van der Waals surface area contributed by atoms with E-state index >= 15 is 0 Å². The maximum Gasteiger partial charge on any atom is 0.222 e. The number of amides is 1. The second kappa shape index (κ2) is 4.30. The molecule has 2 saturated heterocycles. The summed E-state index contributed by atoms with van der Waals surface area (Å²) in [4.78, 5) is 16.2. The molecule has 2 aliphatic heterocycles. The van der Waals surface area contributed by atoms with Crippen LogP contribution in [-0.2, 0) is 4.79 Å². The first-order chi connectivity index (χ1) is 6.81. The zero-order valence-corrected chi connectivity index (χ0v) is 9.04. The van der Waals surface area contributed by atoms with Crippen LogP contribution in [0.1, 0.15) is 32.6 Å². The Labute approximate surface area is 86.1 Å². The summed E-state index contributed by atoms with van der Waals surface area (Å²) in [6.45, 7) is 6.35. The number of hydrogen-bond donors (Lipinski definition) is 0. The molecule has 0 saturated carbocycles. The molecule has 80 valence electrons. The summed E-state index contributed by atoms with van der Waals surface area (Å²) < 4.78 is 0. The molecule has 1 atom stereocenters. The van der Waals surface area contributed by atoms with Crippen molar-refractivity contribution in [1.82, 2.24) is 9.80 Å². The van der Waals surface area contributed by atoms with Crippen LogP contribution in [0.3, 0.4) is 0 Å². The Kier molecular flexibility index (Phi) is 3.06. The molecular formula is C11H20N2O. The van der Waals surface area contributed by atoms with Gasteiger partial charge in [0.2, 0.25) is 5.91 Å². The van der Waals surface area contributed by atoms with Gasteiger partial charge in [0, 0.05) is 32.1 Å². The quantitative estimate of drug-likeness (QED) is 0.627. The van der Waals surface area contributed by atoms with Crippen molar-refractivity contribution < 1.29 is 4.79 Å². The fourth-order valence-corrected chi connectivity index (χ4v) is 2.66. The lowest BCUT2D eigenvalue weighted by Gasteiger charge is -2.25. The van der Waals surface area contributed by atoms with Crippen molar-refractivity contribution in [3.8, 4) is 0 Å². The number of fused-ring (bicyclic) bond motifs is 1. The zero-order valence-electron chi connectivity index (χ0n) is 9.04. The van der Waals surface area contributed by atoms with Gasteiger partial charge in [0.1, 0.15) is 0 Å². The van der Waals surface area contributed by atoms with E-state index < -0.39 is 0 Å². The molecule has 0 bridgehead atoms. The molecule has 0 aliphatic carbocycles. The Morgan fingerprint density at radius 1 is 1.29 bits per heavy atom. The smallest absolute Gasteiger partial charge is 0.222 e.